The number of nitrogens with one attached hydrogen (secondary N) is 2. The van der Waals surface area contributed by atoms with Gasteiger partial charge in [0, 0.05) is 5.56 Å². The van der Waals surface area contributed by atoms with Crippen molar-refractivity contribution in [1.29, 1.82) is 0 Å². The molecule has 0 fully saturated rings. The molecule has 0 bridgehead atoms. The van der Waals surface area contributed by atoms with Gasteiger partial charge in [-0.15, -0.1) is 0 Å². The Labute approximate surface area is 153 Å². The van der Waals surface area contributed by atoms with Crippen LogP contribution in [0.3, 0.4) is 0 Å². The van der Waals surface area contributed by atoms with Gasteiger partial charge in [-0.2, -0.15) is 10.2 Å². The molecule has 0 unspecified atom stereocenters. The number of hydrogen-bond donors (Lipinski definition) is 2. The molecule has 1 amide bonds. The summed E-state index contributed by atoms with van der Waals surface area (Å²) in [7, 11) is 0. The summed E-state index contributed by atoms with van der Waals surface area (Å²) in [5.74, 6) is 0.297. The fraction of sp³-hybridized carbons (Fsp3) is 0.190. The number of aromatic nitrogens is 2. The summed E-state index contributed by atoms with van der Waals surface area (Å²) in [6.45, 7) is 4.40. The molecule has 0 aliphatic rings. The van der Waals surface area contributed by atoms with Crippen molar-refractivity contribution in [3.05, 3.63) is 77.5 Å². The van der Waals surface area contributed by atoms with Crippen LogP contribution >= 0.6 is 0 Å². The predicted molar refractivity (Wildman–Crippen MR) is 104 cm³/mol. The molecule has 1 heterocycles. The van der Waals surface area contributed by atoms with Gasteiger partial charge >= 0.3 is 0 Å². The predicted octanol–water partition coefficient (Wildman–Crippen LogP) is 4.04. The molecule has 5 nitrogen and oxygen atoms in total. The van der Waals surface area contributed by atoms with Crippen molar-refractivity contribution in [1.82, 2.24) is 15.6 Å². The first-order chi connectivity index (χ1) is 12.6. The van der Waals surface area contributed by atoms with Crippen LogP contribution in [0, 0.1) is 5.92 Å². The zero-order chi connectivity index (χ0) is 18.4. The molecular weight excluding hydrogens is 324 g/mol. The van der Waals surface area contributed by atoms with Gasteiger partial charge in [-0.1, -0.05) is 68.4 Å². The highest BCUT2D eigenvalue weighted by Crippen LogP contribution is 2.19. The maximum atomic E-state index is 12.2. The third-order valence-electron chi connectivity index (χ3n) is 3.90. The summed E-state index contributed by atoms with van der Waals surface area (Å²) in [4.78, 5) is 12.2. The van der Waals surface area contributed by atoms with E-state index >= 15 is 0 Å². The van der Waals surface area contributed by atoms with Crippen LogP contribution in [-0.2, 0) is 6.42 Å². The van der Waals surface area contributed by atoms with Crippen LogP contribution in [0.15, 0.2) is 65.8 Å². The Kier molecular flexibility index (Phi) is 5.59. The first kappa shape index (κ1) is 17.6. The average Bonchev–Trinajstić information content (AvgIpc) is 3.13. The number of amides is 1. The van der Waals surface area contributed by atoms with Crippen LogP contribution in [-0.4, -0.2) is 22.3 Å². The molecule has 0 saturated heterocycles. The number of nitrogens with zero attached hydrogens (tertiary/aromatic N) is 2. The number of benzene rings is 2. The minimum Gasteiger partial charge on any atom is -0.272 e. The van der Waals surface area contributed by atoms with Gasteiger partial charge in [0.15, 0.2) is 0 Å². The monoisotopic (exact) mass is 346 g/mol. The second kappa shape index (κ2) is 8.25. The Bertz CT molecular complexity index is 880. The molecular formula is C21H22N4O. The molecule has 26 heavy (non-hydrogen) atoms. The molecule has 2 N–H and O–H groups in total. The van der Waals surface area contributed by atoms with E-state index in [2.05, 4.69) is 46.7 Å². The van der Waals surface area contributed by atoms with Crippen molar-refractivity contribution in [3.8, 4) is 11.3 Å². The van der Waals surface area contributed by atoms with Crippen molar-refractivity contribution in [2.45, 2.75) is 20.3 Å². The fourth-order valence-corrected chi connectivity index (χ4v) is 2.63. The SMILES string of the molecule is CC(C)Cc1ccc(-c2cc(C(=O)N/N=C\c3ccccc3)[nH]n2)cc1. The van der Waals surface area contributed by atoms with Crippen LogP contribution in [0.25, 0.3) is 11.3 Å². The summed E-state index contributed by atoms with van der Waals surface area (Å²) in [5, 5.41) is 11.0. The van der Waals surface area contributed by atoms with Crippen LogP contribution in [0.4, 0.5) is 0 Å². The molecule has 0 atom stereocenters. The van der Waals surface area contributed by atoms with Gasteiger partial charge < -0.3 is 0 Å². The lowest BCUT2D eigenvalue weighted by atomic mass is 10.0. The number of carbonyl (C=O) groups is 1. The molecule has 0 radical (unpaired) electrons. The third kappa shape index (κ3) is 4.66. The molecule has 3 rings (SSSR count). The van der Waals surface area contributed by atoms with Crippen molar-refractivity contribution >= 4 is 12.1 Å². The van der Waals surface area contributed by atoms with Gasteiger partial charge in [-0.25, -0.2) is 5.43 Å². The molecule has 1 aromatic heterocycles. The van der Waals surface area contributed by atoms with Crippen molar-refractivity contribution in [2.75, 3.05) is 0 Å². The lowest BCUT2D eigenvalue weighted by Gasteiger charge is -2.05. The first-order valence-electron chi connectivity index (χ1n) is 8.65. The maximum Gasteiger partial charge on any atom is 0.289 e. The topological polar surface area (TPSA) is 70.1 Å². The van der Waals surface area contributed by atoms with Crippen molar-refractivity contribution < 1.29 is 4.79 Å². The minimum atomic E-state index is -0.327. The van der Waals surface area contributed by atoms with E-state index in [9.17, 15) is 4.79 Å². The number of H-pyrrole nitrogens is 1. The summed E-state index contributed by atoms with van der Waals surface area (Å²) in [6, 6.07) is 19.6. The lowest BCUT2D eigenvalue weighted by molar-refractivity contribution is 0.0950. The second-order valence-corrected chi connectivity index (χ2v) is 6.57. The van der Waals surface area contributed by atoms with Gasteiger partial charge in [0.1, 0.15) is 5.69 Å². The van der Waals surface area contributed by atoms with Gasteiger partial charge in [-0.05, 0) is 29.5 Å². The average molecular weight is 346 g/mol. The van der Waals surface area contributed by atoms with E-state index in [0.717, 1.165) is 23.2 Å². The number of rotatable bonds is 6. The number of carbonyl (C=O) groups excluding carboxylic acids is 1. The highest BCUT2D eigenvalue weighted by atomic mass is 16.2. The van der Waals surface area contributed by atoms with Crippen LogP contribution in [0.2, 0.25) is 0 Å². The summed E-state index contributed by atoms with van der Waals surface area (Å²) in [6.07, 6.45) is 2.65. The highest BCUT2D eigenvalue weighted by molar-refractivity contribution is 5.94. The summed E-state index contributed by atoms with van der Waals surface area (Å²) < 4.78 is 0. The minimum absolute atomic E-state index is 0.327. The quantitative estimate of drug-likeness (QED) is 0.522. The Morgan fingerprint density at radius 3 is 2.58 bits per heavy atom. The second-order valence-electron chi connectivity index (χ2n) is 6.57. The zero-order valence-corrected chi connectivity index (χ0v) is 14.9. The molecule has 132 valence electrons. The van der Waals surface area contributed by atoms with E-state index in [4.69, 9.17) is 0 Å². The van der Waals surface area contributed by atoms with E-state index in [0.29, 0.717) is 11.6 Å². The Balaban J connectivity index is 1.63. The standard InChI is InChI=1S/C21H22N4O/c1-15(2)12-16-8-10-18(11-9-16)19-13-20(24-23-19)21(26)25-22-14-17-6-4-3-5-7-17/h3-11,13-15H,12H2,1-2H3,(H,23,24)(H,25,26)/b22-14-. The molecule has 0 aliphatic heterocycles. The Hall–Kier alpha value is -3.21. The molecule has 0 aliphatic carbocycles. The van der Waals surface area contributed by atoms with Gasteiger partial charge in [0.2, 0.25) is 0 Å². The van der Waals surface area contributed by atoms with Gasteiger partial charge in [0.05, 0.1) is 11.9 Å². The number of hydrogen-bond acceptors (Lipinski definition) is 3. The van der Waals surface area contributed by atoms with Crippen molar-refractivity contribution in [2.24, 2.45) is 11.0 Å². The van der Waals surface area contributed by atoms with Crippen LogP contribution in [0.5, 0.6) is 0 Å². The van der Waals surface area contributed by atoms with Crippen LogP contribution in [0.1, 0.15) is 35.5 Å². The third-order valence-corrected chi connectivity index (χ3v) is 3.90. The molecule has 2 aromatic carbocycles. The summed E-state index contributed by atoms with van der Waals surface area (Å²) >= 11 is 0. The van der Waals surface area contributed by atoms with E-state index in [1.165, 1.54) is 5.56 Å². The van der Waals surface area contributed by atoms with E-state index in [1.807, 2.05) is 42.5 Å². The fourth-order valence-electron chi connectivity index (χ4n) is 2.63. The molecule has 0 saturated carbocycles. The van der Waals surface area contributed by atoms with E-state index in [-0.39, 0.29) is 5.91 Å². The lowest BCUT2D eigenvalue weighted by Crippen LogP contribution is -2.17. The van der Waals surface area contributed by atoms with Crippen molar-refractivity contribution in [3.63, 3.8) is 0 Å². The molecule has 3 aromatic rings. The first-order valence-corrected chi connectivity index (χ1v) is 8.65. The largest absolute Gasteiger partial charge is 0.289 e. The van der Waals surface area contributed by atoms with Gasteiger partial charge in [-0.3, -0.25) is 9.89 Å². The molecule has 0 spiro atoms. The number of hydrazone groups is 1. The Morgan fingerprint density at radius 1 is 1.15 bits per heavy atom. The summed E-state index contributed by atoms with van der Waals surface area (Å²) in [5.41, 5.74) is 6.80. The van der Waals surface area contributed by atoms with Gasteiger partial charge in [0.25, 0.3) is 5.91 Å². The molecule has 5 heteroatoms. The number of aromatic amines is 1. The van der Waals surface area contributed by atoms with Crippen LogP contribution < -0.4 is 5.43 Å². The maximum absolute atomic E-state index is 12.2. The smallest absolute Gasteiger partial charge is 0.272 e. The Morgan fingerprint density at radius 2 is 1.88 bits per heavy atom. The highest BCUT2D eigenvalue weighted by Gasteiger charge is 2.10. The van der Waals surface area contributed by atoms with E-state index < -0.39 is 0 Å². The zero-order valence-electron chi connectivity index (χ0n) is 14.9. The normalized spacial score (nSPS) is 11.2. The van der Waals surface area contributed by atoms with E-state index in [1.54, 1.807) is 12.3 Å².